The van der Waals surface area contributed by atoms with E-state index in [1.165, 1.54) is 0 Å². The lowest BCUT2D eigenvalue weighted by atomic mass is 10.1. The molecule has 2 aromatic carbocycles. The Hall–Kier alpha value is -1.99. The SMILES string of the molecule is COc1ccc(CSCC(=O)N(Cc2ccc(Br)cc2)[C@@H](C)C(=O)NC2CCCC2)cc1. The van der Waals surface area contributed by atoms with Gasteiger partial charge in [0.1, 0.15) is 11.8 Å². The molecule has 1 fully saturated rings. The largest absolute Gasteiger partial charge is 0.497 e. The van der Waals surface area contributed by atoms with E-state index in [1.807, 2.05) is 55.5 Å². The van der Waals surface area contributed by atoms with Crippen LogP contribution in [0.15, 0.2) is 53.0 Å². The van der Waals surface area contributed by atoms with E-state index in [9.17, 15) is 9.59 Å². The fourth-order valence-electron chi connectivity index (χ4n) is 3.82. The maximum atomic E-state index is 13.2. The first-order valence-corrected chi connectivity index (χ1v) is 13.0. The van der Waals surface area contributed by atoms with E-state index in [-0.39, 0.29) is 17.9 Å². The monoisotopic (exact) mass is 518 g/mol. The molecule has 0 spiro atoms. The molecule has 0 saturated heterocycles. The van der Waals surface area contributed by atoms with Crippen LogP contribution in [0.25, 0.3) is 0 Å². The van der Waals surface area contributed by atoms with Crippen LogP contribution in [0.2, 0.25) is 0 Å². The number of thioether (sulfide) groups is 1. The van der Waals surface area contributed by atoms with Crippen molar-refractivity contribution in [3.63, 3.8) is 0 Å². The number of halogens is 1. The van der Waals surface area contributed by atoms with Crippen molar-refractivity contribution in [3.8, 4) is 5.75 Å². The molecular formula is C25H31BrN2O3S. The fraction of sp³-hybridized carbons (Fsp3) is 0.440. The van der Waals surface area contributed by atoms with Gasteiger partial charge >= 0.3 is 0 Å². The summed E-state index contributed by atoms with van der Waals surface area (Å²) >= 11 is 5.01. The van der Waals surface area contributed by atoms with Gasteiger partial charge in [0.25, 0.3) is 0 Å². The van der Waals surface area contributed by atoms with Crippen molar-refractivity contribution in [3.05, 3.63) is 64.1 Å². The highest BCUT2D eigenvalue weighted by molar-refractivity contribution is 9.10. The number of nitrogens with one attached hydrogen (secondary N) is 1. The van der Waals surface area contributed by atoms with Gasteiger partial charge in [-0.3, -0.25) is 9.59 Å². The Bertz CT molecular complexity index is 883. The number of nitrogens with zero attached hydrogens (tertiary/aromatic N) is 1. The molecule has 2 amide bonds. The number of hydrogen-bond donors (Lipinski definition) is 1. The smallest absolute Gasteiger partial charge is 0.242 e. The second kappa shape index (κ2) is 12.3. The molecule has 2 aromatic rings. The molecule has 0 unspecified atom stereocenters. The second-order valence-electron chi connectivity index (χ2n) is 8.15. The van der Waals surface area contributed by atoms with Crippen LogP contribution >= 0.6 is 27.7 Å². The molecule has 3 rings (SSSR count). The standard InChI is InChI=1S/C25H31BrN2O3S/c1-18(25(30)27-22-5-3-4-6-22)28(15-19-7-11-21(26)12-8-19)24(29)17-32-16-20-9-13-23(31-2)14-10-20/h7-14,18,22H,3-6,15-17H2,1-2H3,(H,27,30)/t18-/m0/s1. The maximum Gasteiger partial charge on any atom is 0.242 e. The minimum Gasteiger partial charge on any atom is -0.497 e. The first-order valence-electron chi connectivity index (χ1n) is 11.0. The van der Waals surface area contributed by atoms with Crippen LogP contribution in [-0.2, 0) is 21.9 Å². The van der Waals surface area contributed by atoms with Crippen molar-refractivity contribution in [2.45, 2.75) is 57.0 Å². The van der Waals surface area contributed by atoms with Crippen LogP contribution in [-0.4, -0.2) is 41.7 Å². The van der Waals surface area contributed by atoms with Crippen LogP contribution in [0.5, 0.6) is 5.75 Å². The zero-order chi connectivity index (χ0) is 22.9. The molecule has 172 valence electrons. The van der Waals surface area contributed by atoms with E-state index in [0.29, 0.717) is 12.3 Å². The molecule has 1 N–H and O–H groups in total. The first-order chi connectivity index (χ1) is 15.5. The summed E-state index contributed by atoms with van der Waals surface area (Å²) in [5, 5.41) is 3.14. The van der Waals surface area contributed by atoms with Gasteiger partial charge in [-0.2, -0.15) is 0 Å². The number of rotatable bonds is 10. The van der Waals surface area contributed by atoms with E-state index >= 15 is 0 Å². The van der Waals surface area contributed by atoms with Gasteiger partial charge in [0, 0.05) is 22.8 Å². The van der Waals surface area contributed by atoms with E-state index in [2.05, 4.69) is 21.2 Å². The van der Waals surface area contributed by atoms with Crippen LogP contribution in [0.3, 0.4) is 0 Å². The summed E-state index contributed by atoms with van der Waals surface area (Å²) in [6.45, 7) is 2.24. The van der Waals surface area contributed by atoms with Crippen LogP contribution in [0.1, 0.15) is 43.7 Å². The summed E-state index contributed by atoms with van der Waals surface area (Å²) in [4.78, 5) is 27.8. The third kappa shape index (κ3) is 7.27. The molecular weight excluding hydrogens is 488 g/mol. The van der Waals surface area contributed by atoms with Gasteiger partial charge in [-0.1, -0.05) is 53.0 Å². The lowest BCUT2D eigenvalue weighted by molar-refractivity contribution is -0.138. The number of carbonyl (C=O) groups is 2. The Morgan fingerprint density at radius 2 is 1.72 bits per heavy atom. The molecule has 32 heavy (non-hydrogen) atoms. The first kappa shape index (κ1) is 24.6. The number of amides is 2. The van der Waals surface area contributed by atoms with E-state index in [0.717, 1.165) is 52.8 Å². The summed E-state index contributed by atoms with van der Waals surface area (Å²) in [6.07, 6.45) is 4.36. The van der Waals surface area contributed by atoms with Gasteiger partial charge in [-0.05, 0) is 55.2 Å². The number of hydrogen-bond acceptors (Lipinski definition) is 4. The number of ether oxygens (including phenoxy) is 1. The van der Waals surface area contributed by atoms with Crippen molar-refractivity contribution in [2.24, 2.45) is 0 Å². The maximum absolute atomic E-state index is 13.2. The summed E-state index contributed by atoms with van der Waals surface area (Å²) < 4.78 is 6.18. The third-order valence-electron chi connectivity index (χ3n) is 5.79. The lowest BCUT2D eigenvalue weighted by Crippen LogP contribution is -2.50. The minimum absolute atomic E-state index is 0.0273. The number of benzene rings is 2. The van der Waals surface area contributed by atoms with E-state index in [1.54, 1.807) is 23.8 Å². The number of carbonyl (C=O) groups excluding carboxylic acids is 2. The summed E-state index contributed by atoms with van der Waals surface area (Å²) in [5.74, 6) is 1.77. The summed E-state index contributed by atoms with van der Waals surface area (Å²) in [7, 11) is 1.65. The van der Waals surface area contributed by atoms with Crippen molar-refractivity contribution < 1.29 is 14.3 Å². The van der Waals surface area contributed by atoms with Crippen LogP contribution in [0.4, 0.5) is 0 Å². The molecule has 0 aromatic heterocycles. The average molecular weight is 520 g/mol. The lowest BCUT2D eigenvalue weighted by Gasteiger charge is -2.29. The van der Waals surface area contributed by atoms with Crippen molar-refractivity contribution in [1.29, 1.82) is 0 Å². The molecule has 0 bridgehead atoms. The van der Waals surface area contributed by atoms with E-state index in [4.69, 9.17) is 4.74 Å². The zero-order valence-electron chi connectivity index (χ0n) is 18.7. The predicted octanol–water partition coefficient (Wildman–Crippen LogP) is 5.17. The van der Waals surface area contributed by atoms with Gasteiger partial charge in [0.2, 0.25) is 11.8 Å². The Morgan fingerprint density at radius 1 is 1.09 bits per heavy atom. The molecule has 1 aliphatic rings. The number of methoxy groups -OCH3 is 1. The van der Waals surface area contributed by atoms with Crippen LogP contribution < -0.4 is 10.1 Å². The Labute approximate surface area is 203 Å². The van der Waals surface area contributed by atoms with Gasteiger partial charge in [-0.25, -0.2) is 0 Å². The topological polar surface area (TPSA) is 58.6 Å². The van der Waals surface area contributed by atoms with Gasteiger partial charge < -0.3 is 15.0 Å². The Balaban J connectivity index is 1.63. The minimum atomic E-state index is -0.520. The molecule has 5 nitrogen and oxygen atoms in total. The highest BCUT2D eigenvalue weighted by atomic mass is 79.9. The van der Waals surface area contributed by atoms with Crippen molar-refractivity contribution in [1.82, 2.24) is 10.2 Å². The Morgan fingerprint density at radius 3 is 2.34 bits per heavy atom. The quantitative estimate of drug-likeness (QED) is 0.471. The van der Waals surface area contributed by atoms with Crippen molar-refractivity contribution in [2.75, 3.05) is 12.9 Å². The normalized spacial score (nSPS) is 14.7. The highest BCUT2D eigenvalue weighted by Crippen LogP contribution is 2.21. The van der Waals surface area contributed by atoms with Crippen molar-refractivity contribution >= 4 is 39.5 Å². The Kier molecular flexibility index (Phi) is 9.48. The molecule has 1 saturated carbocycles. The molecule has 7 heteroatoms. The van der Waals surface area contributed by atoms with E-state index < -0.39 is 6.04 Å². The summed E-state index contributed by atoms with van der Waals surface area (Å²) in [6, 6.07) is 15.5. The van der Waals surface area contributed by atoms with Gasteiger partial charge in [-0.15, -0.1) is 11.8 Å². The van der Waals surface area contributed by atoms with Crippen LogP contribution in [0, 0.1) is 0 Å². The zero-order valence-corrected chi connectivity index (χ0v) is 21.1. The summed E-state index contributed by atoms with van der Waals surface area (Å²) in [5.41, 5.74) is 2.14. The third-order valence-corrected chi connectivity index (χ3v) is 7.31. The molecule has 0 radical (unpaired) electrons. The predicted molar refractivity (Wildman–Crippen MR) is 134 cm³/mol. The average Bonchev–Trinajstić information content (AvgIpc) is 3.31. The molecule has 0 heterocycles. The molecule has 0 aliphatic heterocycles. The van der Waals surface area contributed by atoms with Gasteiger partial charge in [0.05, 0.1) is 12.9 Å². The highest BCUT2D eigenvalue weighted by Gasteiger charge is 2.28. The molecule has 1 aliphatic carbocycles. The second-order valence-corrected chi connectivity index (χ2v) is 10.1. The molecule has 1 atom stereocenters. The fourth-order valence-corrected chi connectivity index (χ4v) is 4.96. The van der Waals surface area contributed by atoms with Gasteiger partial charge in [0.15, 0.2) is 0 Å².